The molecule has 0 spiro atoms. The smallest absolute Gasteiger partial charge is 0.264 e. The first-order valence-corrected chi connectivity index (χ1v) is 14.5. The number of anilines is 1. The molecule has 0 bridgehead atoms. The minimum absolute atomic E-state index is 0.0813. The fraction of sp³-hybridized carbons (Fsp3) is 0.333. The second-order valence-corrected chi connectivity index (χ2v) is 11.4. The van der Waals surface area contributed by atoms with Gasteiger partial charge in [-0.15, -0.1) is 0 Å². The van der Waals surface area contributed by atoms with Crippen LogP contribution in [0.2, 0.25) is 0 Å². The van der Waals surface area contributed by atoms with Gasteiger partial charge in [0.2, 0.25) is 11.8 Å². The Morgan fingerprint density at radius 3 is 2.18 bits per heavy atom. The highest BCUT2D eigenvalue weighted by Gasteiger charge is 2.34. The van der Waals surface area contributed by atoms with E-state index < -0.39 is 34.3 Å². The van der Waals surface area contributed by atoms with Gasteiger partial charge in [0.25, 0.3) is 10.0 Å². The third-order valence-electron chi connectivity index (χ3n) is 6.55. The molecule has 0 radical (unpaired) electrons. The molecule has 0 aliphatic rings. The van der Waals surface area contributed by atoms with E-state index in [-0.39, 0.29) is 29.1 Å². The van der Waals surface area contributed by atoms with E-state index in [1.165, 1.54) is 17.0 Å². The van der Waals surface area contributed by atoms with Gasteiger partial charge in [-0.05, 0) is 68.7 Å². The standard InChI is InChI=1S/C30H36FN3O4S/c1-5-23(4)32-30(36)28(6-2)33(20-24-12-10-11-22(3)19-24)29(35)21-34(26-13-8-7-9-14-26)39(37,38)27-17-15-25(31)16-18-27/h7-19,23,28H,5-6,20-21H2,1-4H3,(H,32,36)/t23-,28-/m0/s1. The number of rotatable bonds is 12. The summed E-state index contributed by atoms with van der Waals surface area (Å²) in [6.07, 6.45) is 1.07. The molecular weight excluding hydrogens is 517 g/mol. The molecule has 3 aromatic carbocycles. The zero-order chi connectivity index (χ0) is 28.6. The van der Waals surface area contributed by atoms with Crippen LogP contribution >= 0.6 is 0 Å². The summed E-state index contributed by atoms with van der Waals surface area (Å²) in [5.41, 5.74) is 2.11. The Balaban J connectivity index is 2.03. The number of hydrogen-bond donors (Lipinski definition) is 1. The van der Waals surface area contributed by atoms with Gasteiger partial charge in [-0.3, -0.25) is 13.9 Å². The topological polar surface area (TPSA) is 86.8 Å². The summed E-state index contributed by atoms with van der Waals surface area (Å²) in [6.45, 7) is 7.20. The van der Waals surface area contributed by atoms with E-state index in [1.807, 2.05) is 52.0 Å². The first kappa shape index (κ1) is 29.8. The van der Waals surface area contributed by atoms with Gasteiger partial charge in [-0.25, -0.2) is 12.8 Å². The molecule has 0 saturated carbocycles. The average Bonchev–Trinajstić information content (AvgIpc) is 2.92. The predicted molar refractivity (Wildman–Crippen MR) is 151 cm³/mol. The summed E-state index contributed by atoms with van der Waals surface area (Å²) in [6, 6.07) is 19.5. The number of carbonyl (C=O) groups is 2. The maximum absolute atomic E-state index is 14.0. The van der Waals surface area contributed by atoms with Gasteiger partial charge >= 0.3 is 0 Å². The minimum atomic E-state index is -4.24. The number of hydrogen-bond acceptors (Lipinski definition) is 4. The van der Waals surface area contributed by atoms with Gasteiger partial charge in [-0.1, -0.05) is 61.9 Å². The van der Waals surface area contributed by atoms with Crippen molar-refractivity contribution in [1.29, 1.82) is 0 Å². The highest BCUT2D eigenvalue weighted by Crippen LogP contribution is 2.25. The number of halogens is 1. The largest absolute Gasteiger partial charge is 0.352 e. The molecule has 7 nitrogen and oxygen atoms in total. The van der Waals surface area contributed by atoms with Crippen LogP contribution in [0.4, 0.5) is 10.1 Å². The fourth-order valence-corrected chi connectivity index (χ4v) is 5.64. The monoisotopic (exact) mass is 553 g/mol. The quantitative estimate of drug-likeness (QED) is 0.340. The molecule has 0 saturated heterocycles. The summed E-state index contributed by atoms with van der Waals surface area (Å²) in [5.74, 6) is -1.39. The molecule has 208 valence electrons. The third kappa shape index (κ3) is 7.66. The lowest BCUT2D eigenvalue weighted by Crippen LogP contribution is -2.53. The lowest BCUT2D eigenvalue weighted by molar-refractivity contribution is -0.140. The molecule has 2 amide bonds. The van der Waals surface area contributed by atoms with Crippen molar-refractivity contribution in [2.75, 3.05) is 10.8 Å². The Bertz CT molecular complexity index is 1360. The number of nitrogens with zero attached hydrogens (tertiary/aromatic N) is 2. The first-order valence-electron chi connectivity index (χ1n) is 13.1. The molecule has 3 rings (SSSR count). The second-order valence-electron chi connectivity index (χ2n) is 9.55. The van der Waals surface area contributed by atoms with Crippen molar-refractivity contribution >= 4 is 27.5 Å². The molecule has 3 aromatic rings. The van der Waals surface area contributed by atoms with Crippen molar-refractivity contribution in [3.8, 4) is 0 Å². The summed E-state index contributed by atoms with van der Waals surface area (Å²) >= 11 is 0. The molecule has 9 heteroatoms. The summed E-state index contributed by atoms with van der Waals surface area (Å²) in [4.78, 5) is 28.6. The molecule has 0 heterocycles. The zero-order valence-electron chi connectivity index (χ0n) is 22.8. The van der Waals surface area contributed by atoms with Gasteiger partial charge in [0.05, 0.1) is 10.6 Å². The Morgan fingerprint density at radius 1 is 0.923 bits per heavy atom. The van der Waals surface area contributed by atoms with E-state index >= 15 is 0 Å². The van der Waals surface area contributed by atoms with Crippen molar-refractivity contribution in [2.45, 2.75) is 64.1 Å². The molecule has 0 unspecified atom stereocenters. The molecule has 0 fully saturated rings. The van der Waals surface area contributed by atoms with Crippen molar-refractivity contribution in [3.05, 3.63) is 95.8 Å². The highest BCUT2D eigenvalue weighted by atomic mass is 32.2. The SMILES string of the molecule is CC[C@H](C)NC(=O)[C@H](CC)N(Cc1cccc(C)c1)C(=O)CN(c1ccccc1)S(=O)(=O)c1ccc(F)cc1. The number of benzene rings is 3. The number of para-hydroxylation sites is 1. The number of aryl methyl sites for hydroxylation is 1. The number of carbonyl (C=O) groups excluding carboxylic acids is 2. The average molecular weight is 554 g/mol. The number of nitrogens with one attached hydrogen (secondary N) is 1. The van der Waals surface area contributed by atoms with Crippen molar-refractivity contribution in [3.63, 3.8) is 0 Å². The molecule has 2 atom stereocenters. The van der Waals surface area contributed by atoms with Crippen LogP contribution in [-0.4, -0.2) is 43.8 Å². The van der Waals surface area contributed by atoms with Gasteiger partial charge in [-0.2, -0.15) is 0 Å². The van der Waals surface area contributed by atoms with Crippen LogP contribution < -0.4 is 9.62 Å². The normalized spacial score (nSPS) is 12.8. The highest BCUT2D eigenvalue weighted by molar-refractivity contribution is 7.92. The van der Waals surface area contributed by atoms with Crippen molar-refractivity contribution < 1.29 is 22.4 Å². The molecular formula is C30H36FN3O4S. The third-order valence-corrected chi connectivity index (χ3v) is 8.34. The second kappa shape index (κ2) is 13.4. The number of sulfonamides is 1. The molecule has 39 heavy (non-hydrogen) atoms. The molecule has 1 N–H and O–H groups in total. The lowest BCUT2D eigenvalue weighted by atomic mass is 10.1. The van der Waals surface area contributed by atoms with Gasteiger partial charge in [0, 0.05) is 12.6 Å². The summed E-state index contributed by atoms with van der Waals surface area (Å²) < 4.78 is 42.0. The van der Waals surface area contributed by atoms with E-state index in [1.54, 1.807) is 30.3 Å². The van der Waals surface area contributed by atoms with E-state index in [2.05, 4.69) is 5.32 Å². The Labute approximate surface area is 230 Å². The van der Waals surface area contributed by atoms with Crippen LogP contribution in [0.25, 0.3) is 0 Å². The molecule has 0 aliphatic heterocycles. The van der Waals surface area contributed by atoms with Crippen LogP contribution in [0.5, 0.6) is 0 Å². The van der Waals surface area contributed by atoms with Gasteiger partial charge < -0.3 is 10.2 Å². The fourth-order valence-electron chi connectivity index (χ4n) is 4.22. The Morgan fingerprint density at radius 2 is 1.59 bits per heavy atom. The van der Waals surface area contributed by atoms with E-state index in [9.17, 15) is 22.4 Å². The van der Waals surface area contributed by atoms with Crippen LogP contribution in [0.3, 0.4) is 0 Å². The minimum Gasteiger partial charge on any atom is -0.352 e. The van der Waals surface area contributed by atoms with Gasteiger partial charge in [0.1, 0.15) is 18.4 Å². The van der Waals surface area contributed by atoms with E-state index in [0.29, 0.717) is 6.42 Å². The molecule has 0 aliphatic carbocycles. The number of amides is 2. The Hall–Kier alpha value is -3.72. The Kier molecular flexibility index (Phi) is 10.2. The summed E-state index contributed by atoms with van der Waals surface area (Å²) in [5, 5.41) is 2.96. The van der Waals surface area contributed by atoms with Crippen LogP contribution in [0.15, 0.2) is 83.8 Å². The zero-order valence-corrected chi connectivity index (χ0v) is 23.6. The van der Waals surface area contributed by atoms with Gasteiger partial charge in [0.15, 0.2) is 0 Å². The summed E-state index contributed by atoms with van der Waals surface area (Å²) in [7, 11) is -4.24. The first-order chi connectivity index (χ1) is 18.6. The van der Waals surface area contributed by atoms with Crippen molar-refractivity contribution in [2.24, 2.45) is 0 Å². The van der Waals surface area contributed by atoms with Crippen LogP contribution in [-0.2, 0) is 26.2 Å². The predicted octanol–water partition coefficient (Wildman–Crippen LogP) is 5.05. The maximum Gasteiger partial charge on any atom is 0.264 e. The molecule has 0 aromatic heterocycles. The van der Waals surface area contributed by atoms with Crippen LogP contribution in [0.1, 0.15) is 44.7 Å². The van der Waals surface area contributed by atoms with E-state index in [0.717, 1.165) is 34.0 Å². The van der Waals surface area contributed by atoms with Crippen LogP contribution in [0, 0.1) is 12.7 Å². The lowest BCUT2D eigenvalue weighted by Gasteiger charge is -2.33. The van der Waals surface area contributed by atoms with Crippen molar-refractivity contribution in [1.82, 2.24) is 10.2 Å². The maximum atomic E-state index is 14.0. The van der Waals surface area contributed by atoms with E-state index in [4.69, 9.17) is 0 Å².